The summed E-state index contributed by atoms with van der Waals surface area (Å²) in [6.45, 7) is 3.13. The SMILES string of the molecule is CC(CNC1CCCCC1)Oc1ccc2c(c1)CCC2. The second-order valence-corrected chi connectivity index (χ2v) is 6.46. The van der Waals surface area contributed by atoms with Gasteiger partial charge in [0, 0.05) is 12.6 Å². The van der Waals surface area contributed by atoms with Crippen LogP contribution in [0, 0.1) is 0 Å². The highest BCUT2D eigenvalue weighted by molar-refractivity contribution is 5.38. The van der Waals surface area contributed by atoms with E-state index >= 15 is 0 Å². The highest BCUT2D eigenvalue weighted by atomic mass is 16.5. The van der Waals surface area contributed by atoms with Crippen LogP contribution in [0.2, 0.25) is 0 Å². The second-order valence-electron chi connectivity index (χ2n) is 6.46. The molecular formula is C18H27NO. The number of rotatable bonds is 5. The maximum Gasteiger partial charge on any atom is 0.120 e. The Morgan fingerprint density at radius 3 is 2.75 bits per heavy atom. The molecule has 0 aromatic heterocycles. The third-order valence-electron chi connectivity index (χ3n) is 4.71. The van der Waals surface area contributed by atoms with Crippen molar-refractivity contribution in [3.05, 3.63) is 29.3 Å². The van der Waals surface area contributed by atoms with Gasteiger partial charge in [-0.2, -0.15) is 0 Å². The number of benzene rings is 1. The van der Waals surface area contributed by atoms with Crippen LogP contribution in [0.3, 0.4) is 0 Å². The minimum Gasteiger partial charge on any atom is -0.489 e. The molecule has 1 atom stereocenters. The zero-order valence-electron chi connectivity index (χ0n) is 12.7. The average Bonchev–Trinajstić information content (AvgIpc) is 2.94. The number of hydrogen-bond acceptors (Lipinski definition) is 2. The minimum absolute atomic E-state index is 0.247. The molecule has 3 rings (SSSR count). The molecule has 1 saturated carbocycles. The van der Waals surface area contributed by atoms with Crippen LogP contribution in [0.4, 0.5) is 0 Å². The summed E-state index contributed by atoms with van der Waals surface area (Å²) in [6, 6.07) is 7.36. The minimum atomic E-state index is 0.247. The number of ether oxygens (including phenoxy) is 1. The fraction of sp³-hybridized carbons (Fsp3) is 0.667. The molecule has 1 fully saturated rings. The van der Waals surface area contributed by atoms with Gasteiger partial charge in [-0.15, -0.1) is 0 Å². The number of nitrogens with one attached hydrogen (secondary N) is 1. The summed E-state index contributed by atoms with van der Waals surface area (Å²) in [5, 5.41) is 3.67. The van der Waals surface area contributed by atoms with E-state index in [1.165, 1.54) is 62.5 Å². The molecule has 1 unspecified atom stereocenters. The first kappa shape index (κ1) is 13.9. The van der Waals surface area contributed by atoms with Crippen LogP contribution < -0.4 is 10.1 Å². The Morgan fingerprint density at radius 2 is 1.90 bits per heavy atom. The van der Waals surface area contributed by atoms with E-state index in [1.54, 1.807) is 0 Å². The molecule has 0 amide bonds. The van der Waals surface area contributed by atoms with Crippen molar-refractivity contribution in [3.63, 3.8) is 0 Å². The van der Waals surface area contributed by atoms with Gasteiger partial charge in [-0.3, -0.25) is 0 Å². The standard InChI is InChI=1S/C18H27NO/c1-14(13-19-17-8-3-2-4-9-17)20-18-11-10-15-6-5-7-16(15)12-18/h10-12,14,17,19H,2-9,13H2,1H3. The lowest BCUT2D eigenvalue weighted by molar-refractivity contribution is 0.205. The van der Waals surface area contributed by atoms with Crippen molar-refractivity contribution < 1.29 is 4.74 Å². The third kappa shape index (κ3) is 3.54. The van der Waals surface area contributed by atoms with Crippen LogP contribution >= 0.6 is 0 Å². The van der Waals surface area contributed by atoms with E-state index in [2.05, 4.69) is 30.4 Å². The summed E-state index contributed by atoms with van der Waals surface area (Å²) < 4.78 is 6.07. The molecule has 0 spiro atoms. The predicted octanol–water partition coefficient (Wildman–Crippen LogP) is 3.86. The average molecular weight is 273 g/mol. The molecule has 2 aliphatic rings. The van der Waals surface area contributed by atoms with E-state index < -0.39 is 0 Å². The molecule has 2 heteroatoms. The molecule has 2 nitrogen and oxygen atoms in total. The van der Waals surface area contributed by atoms with Crippen LogP contribution in [-0.2, 0) is 12.8 Å². The van der Waals surface area contributed by atoms with Crippen LogP contribution in [-0.4, -0.2) is 18.7 Å². The zero-order valence-corrected chi connectivity index (χ0v) is 12.7. The fourth-order valence-corrected chi connectivity index (χ4v) is 3.53. The van der Waals surface area contributed by atoms with Crippen LogP contribution in [0.1, 0.15) is 56.6 Å². The van der Waals surface area contributed by atoms with E-state index in [1.807, 2.05) is 0 Å². The van der Waals surface area contributed by atoms with E-state index in [-0.39, 0.29) is 6.10 Å². The van der Waals surface area contributed by atoms with E-state index in [4.69, 9.17) is 4.74 Å². The quantitative estimate of drug-likeness (QED) is 0.879. The molecule has 20 heavy (non-hydrogen) atoms. The Labute approximate surface area is 122 Å². The van der Waals surface area contributed by atoms with Gasteiger partial charge < -0.3 is 10.1 Å². The molecule has 1 aromatic rings. The van der Waals surface area contributed by atoms with Crippen LogP contribution in [0.15, 0.2) is 18.2 Å². The van der Waals surface area contributed by atoms with Crippen molar-refractivity contribution in [2.75, 3.05) is 6.54 Å². The van der Waals surface area contributed by atoms with Gasteiger partial charge in [-0.25, -0.2) is 0 Å². The first-order valence-electron chi connectivity index (χ1n) is 8.33. The third-order valence-corrected chi connectivity index (χ3v) is 4.71. The van der Waals surface area contributed by atoms with Crippen LogP contribution in [0.25, 0.3) is 0 Å². The first-order chi connectivity index (χ1) is 9.81. The molecule has 2 aliphatic carbocycles. The lowest BCUT2D eigenvalue weighted by atomic mass is 9.95. The Morgan fingerprint density at radius 1 is 1.10 bits per heavy atom. The van der Waals surface area contributed by atoms with E-state index in [0.29, 0.717) is 0 Å². The molecule has 110 valence electrons. The highest BCUT2D eigenvalue weighted by Gasteiger charge is 2.15. The summed E-state index contributed by atoms with van der Waals surface area (Å²) >= 11 is 0. The largest absolute Gasteiger partial charge is 0.489 e. The van der Waals surface area contributed by atoms with Crippen molar-refractivity contribution in [2.45, 2.75) is 70.4 Å². The fourth-order valence-electron chi connectivity index (χ4n) is 3.53. The molecule has 0 radical (unpaired) electrons. The lowest BCUT2D eigenvalue weighted by Crippen LogP contribution is -2.37. The topological polar surface area (TPSA) is 21.3 Å². The van der Waals surface area contributed by atoms with Crippen LogP contribution in [0.5, 0.6) is 5.75 Å². The number of hydrogen-bond donors (Lipinski definition) is 1. The van der Waals surface area contributed by atoms with Crippen molar-refractivity contribution in [1.82, 2.24) is 5.32 Å². The maximum atomic E-state index is 6.07. The number of aryl methyl sites for hydroxylation is 2. The van der Waals surface area contributed by atoms with Gasteiger partial charge in [0.05, 0.1) is 0 Å². The molecule has 0 aliphatic heterocycles. The summed E-state index contributed by atoms with van der Waals surface area (Å²) in [4.78, 5) is 0. The summed E-state index contributed by atoms with van der Waals surface area (Å²) in [6.07, 6.45) is 10.9. The Hall–Kier alpha value is -1.02. The summed E-state index contributed by atoms with van der Waals surface area (Å²) in [5.74, 6) is 1.04. The maximum absolute atomic E-state index is 6.07. The van der Waals surface area contributed by atoms with Gasteiger partial charge in [0.25, 0.3) is 0 Å². The summed E-state index contributed by atoms with van der Waals surface area (Å²) in [5.41, 5.74) is 3.01. The Kier molecular flexibility index (Phi) is 4.62. The Balaban J connectivity index is 1.47. The predicted molar refractivity (Wildman–Crippen MR) is 83.4 cm³/mol. The molecule has 0 heterocycles. The van der Waals surface area contributed by atoms with Crippen molar-refractivity contribution in [1.29, 1.82) is 0 Å². The molecular weight excluding hydrogens is 246 g/mol. The summed E-state index contributed by atoms with van der Waals surface area (Å²) in [7, 11) is 0. The van der Waals surface area contributed by atoms with E-state index in [0.717, 1.165) is 18.3 Å². The van der Waals surface area contributed by atoms with Gasteiger partial charge >= 0.3 is 0 Å². The molecule has 1 aromatic carbocycles. The zero-order chi connectivity index (χ0) is 13.8. The normalized spacial score (nSPS) is 20.6. The van der Waals surface area contributed by atoms with Crippen molar-refractivity contribution >= 4 is 0 Å². The van der Waals surface area contributed by atoms with Gasteiger partial charge in [-0.1, -0.05) is 25.3 Å². The molecule has 0 saturated heterocycles. The first-order valence-corrected chi connectivity index (χ1v) is 8.33. The second kappa shape index (κ2) is 6.62. The smallest absolute Gasteiger partial charge is 0.120 e. The van der Waals surface area contributed by atoms with Crippen molar-refractivity contribution in [2.24, 2.45) is 0 Å². The van der Waals surface area contributed by atoms with Gasteiger partial charge in [-0.05, 0) is 62.3 Å². The van der Waals surface area contributed by atoms with Gasteiger partial charge in [0.15, 0.2) is 0 Å². The molecule has 0 bridgehead atoms. The van der Waals surface area contributed by atoms with E-state index in [9.17, 15) is 0 Å². The van der Waals surface area contributed by atoms with Gasteiger partial charge in [0.2, 0.25) is 0 Å². The lowest BCUT2D eigenvalue weighted by Gasteiger charge is -2.25. The highest BCUT2D eigenvalue weighted by Crippen LogP contribution is 2.26. The van der Waals surface area contributed by atoms with Gasteiger partial charge in [0.1, 0.15) is 11.9 Å². The molecule has 1 N–H and O–H groups in total. The monoisotopic (exact) mass is 273 g/mol. The van der Waals surface area contributed by atoms with Crippen molar-refractivity contribution in [3.8, 4) is 5.75 Å². The number of fused-ring (bicyclic) bond motifs is 1. The Bertz CT molecular complexity index is 437.